The molecular weight excluding hydrogens is 446 g/mol. The molecule has 1 fully saturated rings. The van der Waals surface area contributed by atoms with Gasteiger partial charge in [-0.1, -0.05) is 42.1 Å². The van der Waals surface area contributed by atoms with Crippen molar-refractivity contribution in [1.29, 1.82) is 0 Å². The molecule has 0 saturated carbocycles. The molecule has 1 aliphatic rings. The van der Waals surface area contributed by atoms with Gasteiger partial charge < -0.3 is 14.2 Å². The Morgan fingerprint density at radius 1 is 1.00 bits per heavy atom. The first-order chi connectivity index (χ1) is 16.6. The lowest BCUT2D eigenvalue weighted by atomic mass is 10.1. The summed E-state index contributed by atoms with van der Waals surface area (Å²) >= 11 is 1.57. The predicted octanol–water partition coefficient (Wildman–Crippen LogP) is 4.52. The number of hydrogen-bond acceptors (Lipinski definition) is 6. The molecule has 1 saturated heterocycles. The van der Waals surface area contributed by atoms with Crippen molar-refractivity contribution in [3.05, 3.63) is 83.6 Å². The molecule has 34 heavy (non-hydrogen) atoms. The van der Waals surface area contributed by atoms with Crippen LogP contribution in [0.15, 0.2) is 76.5 Å². The van der Waals surface area contributed by atoms with Crippen molar-refractivity contribution in [2.45, 2.75) is 17.8 Å². The van der Waals surface area contributed by atoms with Gasteiger partial charge in [0, 0.05) is 37.5 Å². The van der Waals surface area contributed by atoms with Crippen molar-refractivity contribution in [3.8, 4) is 17.3 Å². The monoisotopic (exact) mass is 473 g/mol. The summed E-state index contributed by atoms with van der Waals surface area (Å²) in [5, 5.41) is 9.66. The highest BCUT2D eigenvalue weighted by molar-refractivity contribution is 7.98. The van der Waals surface area contributed by atoms with Gasteiger partial charge in [0.2, 0.25) is 5.82 Å². The summed E-state index contributed by atoms with van der Waals surface area (Å²) in [6.45, 7) is 5.37. The Morgan fingerprint density at radius 2 is 1.82 bits per heavy atom. The Morgan fingerprint density at radius 3 is 2.59 bits per heavy atom. The zero-order valence-corrected chi connectivity index (χ0v) is 20.2. The molecule has 0 spiro atoms. The maximum absolute atomic E-state index is 13.3. The quantitative estimate of drug-likeness (QED) is 0.384. The van der Waals surface area contributed by atoms with Gasteiger partial charge in [-0.25, -0.2) is 0 Å². The van der Waals surface area contributed by atoms with Crippen LogP contribution in [0.25, 0.3) is 17.3 Å². The maximum Gasteiger partial charge on any atom is 0.254 e. The molecule has 0 atom stereocenters. The van der Waals surface area contributed by atoms with Crippen LogP contribution in [0.2, 0.25) is 0 Å². The highest BCUT2D eigenvalue weighted by Crippen LogP contribution is 2.31. The Labute approximate surface area is 203 Å². The number of carbonyl (C=O) groups is 1. The SMILES string of the molecule is Cc1cccc(-n2c(SCc3ccccc3C(=O)N3CCN(C)CC3)nnc2-c2ccco2)c1. The van der Waals surface area contributed by atoms with Gasteiger partial charge in [-0.3, -0.25) is 9.36 Å². The summed E-state index contributed by atoms with van der Waals surface area (Å²) in [6, 6.07) is 19.8. The number of nitrogens with zero attached hydrogens (tertiary/aromatic N) is 5. The molecule has 0 radical (unpaired) electrons. The summed E-state index contributed by atoms with van der Waals surface area (Å²) in [6.07, 6.45) is 1.64. The van der Waals surface area contributed by atoms with Crippen LogP contribution in [0.1, 0.15) is 21.5 Å². The molecule has 2 aromatic heterocycles. The standard InChI is InChI=1S/C26H27N5O2S/c1-19-7-5-9-21(17-19)31-24(23-11-6-16-33-23)27-28-26(31)34-18-20-8-3-4-10-22(20)25(32)30-14-12-29(2)13-15-30/h3-11,16-17H,12-15,18H2,1-2H3. The second kappa shape index (κ2) is 9.87. The van der Waals surface area contributed by atoms with Gasteiger partial charge in [-0.05, 0) is 55.4 Å². The van der Waals surface area contributed by atoms with E-state index in [0.29, 0.717) is 17.3 Å². The number of hydrogen-bond donors (Lipinski definition) is 0. The van der Waals surface area contributed by atoms with E-state index in [0.717, 1.165) is 53.7 Å². The smallest absolute Gasteiger partial charge is 0.254 e. The Hall–Kier alpha value is -3.36. The van der Waals surface area contributed by atoms with Gasteiger partial charge in [-0.2, -0.15) is 0 Å². The molecule has 2 aromatic carbocycles. The molecule has 1 aliphatic heterocycles. The molecule has 0 bridgehead atoms. The summed E-state index contributed by atoms with van der Waals surface area (Å²) in [5.41, 5.74) is 3.87. The largest absolute Gasteiger partial charge is 0.461 e. The minimum absolute atomic E-state index is 0.0979. The minimum atomic E-state index is 0.0979. The molecule has 8 heteroatoms. The molecule has 174 valence electrons. The first kappa shape index (κ1) is 22.4. The molecule has 4 aromatic rings. The van der Waals surface area contributed by atoms with Crippen LogP contribution in [0.5, 0.6) is 0 Å². The van der Waals surface area contributed by atoms with E-state index in [9.17, 15) is 4.79 Å². The van der Waals surface area contributed by atoms with E-state index >= 15 is 0 Å². The van der Waals surface area contributed by atoms with Crippen LogP contribution < -0.4 is 0 Å². The number of amides is 1. The first-order valence-electron chi connectivity index (χ1n) is 11.3. The van der Waals surface area contributed by atoms with Crippen molar-refractivity contribution < 1.29 is 9.21 Å². The van der Waals surface area contributed by atoms with Gasteiger partial charge in [0.05, 0.1) is 12.0 Å². The Kier molecular flexibility index (Phi) is 6.51. The number of rotatable bonds is 6. The van der Waals surface area contributed by atoms with Gasteiger partial charge in [0.1, 0.15) is 0 Å². The fourth-order valence-electron chi connectivity index (χ4n) is 4.11. The van der Waals surface area contributed by atoms with Crippen LogP contribution in [-0.4, -0.2) is 63.7 Å². The number of aryl methyl sites for hydroxylation is 1. The second-order valence-corrected chi connectivity index (χ2v) is 9.44. The van der Waals surface area contributed by atoms with Crippen LogP contribution >= 0.6 is 11.8 Å². The van der Waals surface area contributed by atoms with Gasteiger partial charge >= 0.3 is 0 Å². The van der Waals surface area contributed by atoms with Gasteiger partial charge in [0.15, 0.2) is 10.9 Å². The van der Waals surface area contributed by atoms with E-state index in [1.165, 1.54) is 0 Å². The molecule has 1 amide bonds. The number of carbonyl (C=O) groups excluding carboxylic acids is 1. The predicted molar refractivity (Wildman–Crippen MR) is 133 cm³/mol. The zero-order valence-electron chi connectivity index (χ0n) is 19.3. The number of aromatic nitrogens is 3. The summed E-state index contributed by atoms with van der Waals surface area (Å²) in [4.78, 5) is 17.5. The van der Waals surface area contributed by atoms with Crippen LogP contribution in [0, 0.1) is 6.92 Å². The van der Waals surface area contributed by atoms with E-state index < -0.39 is 0 Å². The number of furan rings is 1. The van der Waals surface area contributed by atoms with Crippen molar-refractivity contribution in [3.63, 3.8) is 0 Å². The Balaban J connectivity index is 1.43. The second-order valence-electron chi connectivity index (χ2n) is 8.50. The van der Waals surface area contributed by atoms with E-state index in [1.54, 1.807) is 18.0 Å². The lowest BCUT2D eigenvalue weighted by Crippen LogP contribution is -2.47. The van der Waals surface area contributed by atoms with E-state index in [-0.39, 0.29) is 5.91 Å². The summed E-state index contributed by atoms with van der Waals surface area (Å²) in [5.74, 6) is 2.02. The lowest BCUT2D eigenvalue weighted by molar-refractivity contribution is 0.0663. The average Bonchev–Trinajstić information content (AvgIpc) is 3.53. The average molecular weight is 474 g/mol. The van der Waals surface area contributed by atoms with Crippen LogP contribution in [0.3, 0.4) is 0 Å². The molecule has 0 unspecified atom stereocenters. The molecular formula is C26H27N5O2S. The third kappa shape index (κ3) is 4.64. The van der Waals surface area contributed by atoms with Gasteiger partial charge in [0.25, 0.3) is 5.91 Å². The number of benzene rings is 2. The van der Waals surface area contributed by atoms with Crippen LogP contribution in [-0.2, 0) is 5.75 Å². The highest BCUT2D eigenvalue weighted by Gasteiger charge is 2.23. The molecule has 0 aliphatic carbocycles. The van der Waals surface area contributed by atoms with Gasteiger partial charge in [-0.15, -0.1) is 10.2 Å². The fraction of sp³-hybridized carbons (Fsp3) is 0.269. The summed E-state index contributed by atoms with van der Waals surface area (Å²) in [7, 11) is 2.09. The van der Waals surface area contributed by atoms with Crippen LogP contribution in [0.4, 0.5) is 0 Å². The van der Waals surface area contributed by atoms with E-state index in [1.807, 2.05) is 58.0 Å². The summed E-state index contributed by atoms with van der Waals surface area (Å²) < 4.78 is 7.64. The van der Waals surface area contributed by atoms with E-state index in [4.69, 9.17) is 4.42 Å². The van der Waals surface area contributed by atoms with Crippen molar-refractivity contribution in [2.75, 3.05) is 33.2 Å². The molecule has 0 N–H and O–H groups in total. The topological polar surface area (TPSA) is 67.4 Å². The number of likely N-dealkylation sites (N-methyl/N-ethyl adjacent to an activating group) is 1. The fourth-order valence-corrected chi connectivity index (χ4v) is 5.06. The van der Waals surface area contributed by atoms with E-state index in [2.05, 4.69) is 41.2 Å². The lowest BCUT2D eigenvalue weighted by Gasteiger charge is -2.32. The minimum Gasteiger partial charge on any atom is -0.461 e. The first-order valence-corrected chi connectivity index (χ1v) is 12.3. The molecule has 5 rings (SSSR count). The molecule has 3 heterocycles. The third-order valence-corrected chi connectivity index (χ3v) is 7.01. The Bertz CT molecular complexity index is 1280. The molecule has 7 nitrogen and oxygen atoms in total. The van der Waals surface area contributed by atoms with Crippen molar-refractivity contribution >= 4 is 17.7 Å². The zero-order chi connectivity index (χ0) is 23.5. The third-order valence-electron chi connectivity index (χ3n) is 6.03. The number of piperazine rings is 1. The van der Waals surface area contributed by atoms with Crippen molar-refractivity contribution in [1.82, 2.24) is 24.6 Å². The highest BCUT2D eigenvalue weighted by atomic mass is 32.2. The maximum atomic E-state index is 13.3. The number of thioether (sulfide) groups is 1. The van der Waals surface area contributed by atoms with Crippen molar-refractivity contribution in [2.24, 2.45) is 0 Å². The normalized spacial score (nSPS) is 14.5.